The van der Waals surface area contributed by atoms with Crippen LogP contribution in [0.1, 0.15) is 6.42 Å². The fraction of sp³-hybridized carbons (Fsp3) is 0.579. The molecule has 0 aromatic heterocycles. The van der Waals surface area contributed by atoms with E-state index in [1.165, 1.54) is 0 Å². The van der Waals surface area contributed by atoms with Crippen LogP contribution in [-0.4, -0.2) is 81.7 Å². The van der Waals surface area contributed by atoms with Crippen LogP contribution in [-0.2, 0) is 14.3 Å². The molecule has 3 rings (SSSR count). The monoisotopic (exact) mass is 361 g/mol. The summed E-state index contributed by atoms with van der Waals surface area (Å²) in [7, 11) is 3.30. The number of ether oxygens (including phenoxy) is 2. The van der Waals surface area contributed by atoms with Crippen molar-refractivity contribution in [3.05, 3.63) is 24.3 Å². The Balaban J connectivity index is 1.54. The van der Waals surface area contributed by atoms with Gasteiger partial charge in [-0.05, 0) is 37.2 Å². The van der Waals surface area contributed by atoms with Crippen molar-refractivity contribution in [2.45, 2.75) is 6.42 Å². The van der Waals surface area contributed by atoms with Crippen molar-refractivity contribution in [1.29, 1.82) is 0 Å². The quantitative estimate of drug-likeness (QED) is 0.751. The summed E-state index contributed by atoms with van der Waals surface area (Å²) in [5.74, 6) is 0.818. The normalized spacial score (nSPS) is 21.3. The zero-order valence-electron chi connectivity index (χ0n) is 15.5. The van der Waals surface area contributed by atoms with Gasteiger partial charge in [0.2, 0.25) is 11.8 Å². The predicted molar refractivity (Wildman–Crippen MR) is 98.4 cm³/mol. The molecule has 0 radical (unpaired) electrons. The smallest absolute Gasteiger partial charge is 0.246 e. The van der Waals surface area contributed by atoms with Crippen LogP contribution < -0.4 is 9.64 Å². The number of likely N-dealkylation sites (tertiary alicyclic amines) is 1. The first-order valence-corrected chi connectivity index (χ1v) is 9.07. The molecule has 0 N–H and O–H groups in total. The van der Waals surface area contributed by atoms with Gasteiger partial charge in [0.25, 0.3) is 0 Å². The van der Waals surface area contributed by atoms with E-state index in [0.29, 0.717) is 19.7 Å². The Hall–Kier alpha value is -2.12. The Kier molecular flexibility index (Phi) is 6.11. The van der Waals surface area contributed by atoms with Crippen LogP contribution in [0.3, 0.4) is 0 Å². The largest absolute Gasteiger partial charge is 0.497 e. The van der Waals surface area contributed by atoms with Gasteiger partial charge in [-0.15, -0.1) is 0 Å². The maximum atomic E-state index is 12.8. The fourth-order valence-corrected chi connectivity index (χ4v) is 3.61. The van der Waals surface area contributed by atoms with Crippen molar-refractivity contribution in [2.75, 3.05) is 65.0 Å². The highest BCUT2D eigenvalue weighted by Crippen LogP contribution is 2.23. The number of benzene rings is 1. The third-order valence-corrected chi connectivity index (χ3v) is 5.15. The number of hydrogen-bond donors (Lipinski definition) is 0. The zero-order chi connectivity index (χ0) is 18.5. The van der Waals surface area contributed by atoms with Gasteiger partial charge in [0.15, 0.2) is 0 Å². The van der Waals surface area contributed by atoms with Crippen LogP contribution in [0.2, 0.25) is 0 Å². The molecule has 26 heavy (non-hydrogen) atoms. The summed E-state index contributed by atoms with van der Waals surface area (Å²) in [6.45, 7) is 4.46. The van der Waals surface area contributed by atoms with Gasteiger partial charge in [-0.1, -0.05) is 0 Å². The molecular weight excluding hydrogens is 334 g/mol. The maximum Gasteiger partial charge on any atom is 0.246 e. The van der Waals surface area contributed by atoms with Gasteiger partial charge in [0, 0.05) is 39.0 Å². The van der Waals surface area contributed by atoms with Gasteiger partial charge < -0.3 is 24.2 Å². The van der Waals surface area contributed by atoms with Gasteiger partial charge in [0.1, 0.15) is 12.3 Å². The first-order valence-electron chi connectivity index (χ1n) is 9.07. The molecule has 2 aliphatic rings. The molecule has 0 aliphatic carbocycles. The lowest BCUT2D eigenvalue weighted by atomic mass is 10.1. The molecule has 142 valence electrons. The Bertz CT molecular complexity index is 634. The summed E-state index contributed by atoms with van der Waals surface area (Å²) < 4.78 is 10.3. The Morgan fingerprint density at radius 3 is 2.58 bits per heavy atom. The lowest BCUT2D eigenvalue weighted by molar-refractivity contribution is -0.140. The van der Waals surface area contributed by atoms with E-state index in [1.54, 1.807) is 24.0 Å². The van der Waals surface area contributed by atoms with Crippen molar-refractivity contribution in [3.8, 4) is 5.75 Å². The molecule has 2 fully saturated rings. The van der Waals surface area contributed by atoms with Gasteiger partial charge in [-0.25, -0.2) is 0 Å². The third-order valence-electron chi connectivity index (χ3n) is 5.15. The maximum absolute atomic E-state index is 12.8. The number of hydrogen-bond acceptors (Lipinski definition) is 5. The molecule has 0 unspecified atom stereocenters. The molecule has 2 amide bonds. The first-order chi connectivity index (χ1) is 12.6. The second kappa shape index (κ2) is 8.51. The van der Waals surface area contributed by atoms with Gasteiger partial charge in [-0.2, -0.15) is 0 Å². The summed E-state index contributed by atoms with van der Waals surface area (Å²) in [4.78, 5) is 31.0. The Morgan fingerprint density at radius 2 is 1.92 bits per heavy atom. The van der Waals surface area contributed by atoms with Crippen molar-refractivity contribution in [1.82, 2.24) is 9.80 Å². The number of anilines is 1. The second-order valence-corrected chi connectivity index (χ2v) is 6.78. The molecule has 2 aliphatic heterocycles. The average molecular weight is 361 g/mol. The Labute approximate surface area is 154 Å². The summed E-state index contributed by atoms with van der Waals surface area (Å²) >= 11 is 0. The van der Waals surface area contributed by atoms with Crippen LogP contribution in [0.15, 0.2) is 24.3 Å². The summed E-state index contributed by atoms with van der Waals surface area (Å²) in [6, 6.07) is 7.43. The summed E-state index contributed by atoms with van der Waals surface area (Å²) in [6.07, 6.45) is 0.857. The van der Waals surface area contributed by atoms with Crippen LogP contribution in [0.4, 0.5) is 5.69 Å². The zero-order valence-corrected chi connectivity index (χ0v) is 15.5. The highest BCUT2D eigenvalue weighted by Gasteiger charge is 2.35. The van der Waals surface area contributed by atoms with Crippen LogP contribution >= 0.6 is 0 Å². The van der Waals surface area contributed by atoms with E-state index < -0.39 is 0 Å². The minimum Gasteiger partial charge on any atom is -0.497 e. The molecule has 0 spiro atoms. The minimum absolute atomic E-state index is 0.00723. The SMILES string of the molecule is COCCN1CC[C@@H](C(=O)N2CCN(c3ccc(OC)cc3)C(=O)C2)C1. The molecule has 7 nitrogen and oxygen atoms in total. The number of amides is 2. The van der Waals surface area contributed by atoms with Crippen LogP contribution in [0.5, 0.6) is 5.75 Å². The number of carbonyl (C=O) groups excluding carboxylic acids is 2. The van der Waals surface area contributed by atoms with E-state index in [9.17, 15) is 9.59 Å². The predicted octanol–water partition coefficient (Wildman–Crippen LogP) is 0.839. The lowest BCUT2D eigenvalue weighted by Crippen LogP contribution is -2.54. The van der Waals surface area contributed by atoms with Gasteiger partial charge >= 0.3 is 0 Å². The number of piperazine rings is 1. The van der Waals surface area contributed by atoms with Crippen molar-refractivity contribution in [2.24, 2.45) is 5.92 Å². The average Bonchev–Trinajstić information content (AvgIpc) is 3.15. The van der Waals surface area contributed by atoms with Crippen molar-refractivity contribution >= 4 is 17.5 Å². The third kappa shape index (κ3) is 4.16. The number of methoxy groups -OCH3 is 2. The molecule has 1 aromatic rings. The molecule has 0 saturated carbocycles. The molecule has 7 heteroatoms. The highest BCUT2D eigenvalue weighted by molar-refractivity contribution is 5.98. The number of carbonyl (C=O) groups is 2. The van der Waals surface area contributed by atoms with E-state index in [2.05, 4.69) is 4.90 Å². The van der Waals surface area contributed by atoms with Crippen LogP contribution in [0, 0.1) is 5.92 Å². The van der Waals surface area contributed by atoms with Gasteiger partial charge in [-0.3, -0.25) is 9.59 Å². The van der Waals surface area contributed by atoms with E-state index in [0.717, 1.165) is 37.5 Å². The van der Waals surface area contributed by atoms with E-state index in [4.69, 9.17) is 9.47 Å². The van der Waals surface area contributed by atoms with Crippen molar-refractivity contribution in [3.63, 3.8) is 0 Å². The fourth-order valence-electron chi connectivity index (χ4n) is 3.61. The molecule has 1 atom stereocenters. The topological polar surface area (TPSA) is 62.3 Å². The number of rotatable bonds is 6. The summed E-state index contributed by atoms with van der Waals surface area (Å²) in [5.41, 5.74) is 0.842. The first kappa shape index (κ1) is 18.7. The second-order valence-electron chi connectivity index (χ2n) is 6.78. The standard InChI is InChI=1S/C19H27N3O4/c1-25-12-11-20-8-7-15(13-20)19(24)21-9-10-22(18(23)14-21)16-3-5-17(26-2)6-4-16/h3-6,15H,7-14H2,1-2H3/t15-/m1/s1. The molecule has 1 aromatic carbocycles. The molecular formula is C19H27N3O4. The van der Waals surface area contributed by atoms with Gasteiger partial charge in [0.05, 0.1) is 19.6 Å². The molecule has 2 heterocycles. The van der Waals surface area contributed by atoms with Crippen LogP contribution in [0.25, 0.3) is 0 Å². The van der Waals surface area contributed by atoms with Crippen molar-refractivity contribution < 1.29 is 19.1 Å². The Morgan fingerprint density at radius 1 is 1.15 bits per heavy atom. The highest BCUT2D eigenvalue weighted by atomic mass is 16.5. The minimum atomic E-state index is -0.0380. The molecule has 0 bridgehead atoms. The summed E-state index contributed by atoms with van der Waals surface area (Å²) in [5, 5.41) is 0. The lowest BCUT2D eigenvalue weighted by Gasteiger charge is -2.35. The van der Waals surface area contributed by atoms with E-state index in [1.807, 2.05) is 24.3 Å². The number of nitrogens with zero attached hydrogens (tertiary/aromatic N) is 3. The van der Waals surface area contributed by atoms with E-state index in [-0.39, 0.29) is 24.3 Å². The molecule has 2 saturated heterocycles. The van der Waals surface area contributed by atoms with E-state index >= 15 is 0 Å².